The number of hydrogen-bond donors (Lipinski definition) is 0. The van der Waals surface area contributed by atoms with Crippen molar-refractivity contribution in [1.82, 2.24) is 4.90 Å². The summed E-state index contributed by atoms with van der Waals surface area (Å²) >= 11 is 6.22. The van der Waals surface area contributed by atoms with E-state index in [0.29, 0.717) is 23.1 Å². The van der Waals surface area contributed by atoms with Crippen LogP contribution in [0.5, 0.6) is 11.5 Å². The van der Waals surface area contributed by atoms with Crippen LogP contribution in [0.1, 0.15) is 18.4 Å². The van der Waals surface area contributed by atoms with E-state index >= 15 is 0 Å². The normalized spacial score (nSPS) is 14.3. The van der Waals surface area contributed by atoms with Gasteiger partial charge in [0.05, 0.1) is 11.6 Å². The Morgan fingerprint density at radius 1 is 1.04 bits per heavy atom. The van der Waals surface area contributed by atoms with Crippen molar-refractivity contribution in [3.63, 3.8) is 0 Å². The van der Waals surface area contributed by atoms with Crippen LogP contribution in [0, 0.1) is 11.6 Å². The van der Waals surface area contributed by atoms with Crippen LogP contribution in [0.4, 0.5) is 8.78 Å². The first-order valence-corrected chi connectivity index (χ1v) is 9.36. The first kappa shape index (κ1) is 19.6. The molecule has 0 aromatic heterocycles. The Morgan fingerprint density at radius 2 is 1.93 bits per heavy atom. The van der Waals surface area contributed by atoms with Gasteiger partial charge in [-0.3, -0.25) is 4.90 Å². The van der Waals surface area contributed by atoms with E-state index in [2.05, 4.69) is 17.1 Å². The third-order valence-electron chi connectivity index (χ3n) is 4.33. The van der Waals surface area contributed by atoms with Gasteiger partial charge in [0.1, 0.15) is 29.7 Å². The minimum Gasteiger partial charge on any atom is -0.493 e. The van der Waals surface area contributed by atoms with E-state index < -0.39 is 11.6 Å². The molecule has 0 aliphatic carbocycles. The molecular formula is C21H22ClF2NO2. The van der Waals surface area contributed by atoms with Crippen molar-refractivity contribution in [2.75, 3.05) is 26.2 Å². The second-order valence-corrected chi connectivity index (χ2v) is 6.79. The lowest BCUT2D eigenvalue weighted by molar-refractivity contribution is 0.246. The van der Waals surface area contributed by atoms with E-state index in [4.69, 9.17) is 21.1 Å². The molecule has 6 heteroatoms. The van der Waals surface area contributed by atoms with Crippen molar-refractivity contribution < 1.29 is 18.3 Å². The van der Waals surface area contributed by atoms with Crippen molar-refractivity contribution in [1.29, 1.82) is 0 Å². The molecule has 3 rings (SSSR count). The van der Waals surface area contributed by atoms with Crippen LogP contribution in [0.2, 0.25) is 5.02 Å². The number of benzene rings is 2. The Labute approximate surface area is 163 Å². The Bertz CT molecular complexity index is 798. The Morgan fingerprint density at radius 3 is 2.67 bits per heavy atom. The molecule has 0 saturated carbocycles. The van der Waals surface area contributed by atoms with Crippen molar-refractivity contribution >= 4 is 11.6 Å². The summed E-state index contributed by atoms with van der Waals surface area (Å²) in [5.41, 5.74) is 0.264. The van der Waals surface area contributed by atoms with E-state index in [9.17, 15) is 8.78 Å². The van der Waals surface area contributed by atoms with Crippen LogP contribution >= 0.6 is 11.6 Å². The van der Waals surface area contributed by atoms with E-state index in [-0.39, 0.29) is 12.2 Å². The molecule has 1 aliphatic heterocycles. The SMILES string of the molecule is Fc1ccc(COc2ccc(OCCCN3CC=CCC3)cc2Cl)c(F)c1. The van der Waals surface area contributed by atoms with E-state index in [1.54, 1.807) is 18.2 Å². The van der Waals surface area contributed by atoms with Gasteiger partial charge in [0.15, 0.2) is 0 Å². The Balaban J connectivity index is 1.46. The summed E-state index contributed by atoms with van der Waals surface area (Å²) in [4.78, 5) is 2.39. The predicted octanol–water partition coefficient (Wildman–Crippen LogP) is 5.23. The molecule has 0 spiro atoms. The molecule has 0 unspecified atom stereocenters. The highest BCUT2D eigenvalue weighted by Gasteiger charge is 2.09. The van der Waals surface area contributed by atoms with Gasteiger partial charge < -0.3 is 9.47 Å². The fourth-order valence-corrected chi connectivity index (χ4v) is 3.08. The molecule has 0 atom stereocenters. The van der Waals surface area contributed by atoms with Crippen LogP contribution in [0.15, 0.2) is 48.6 Å². The Hall–Kier alpha value is -2.11. The van der Waals surface area contributed by atoms with E-state index in [1.165, 1.54) is 12.1 Å². The first-order chi connectivity index (χ1) is 13.1. The quantitative estimate of drug-likeness (QED) is 0.453. The molecule has 1 heterocycles. The maximum Gasteiger partial charge on any atom is 0.138 e. The first-order valence-electron chi connectivity index (χ1n) is 8.98. The highest BCUT2D eigenvalue weighted by atomic mass is 35.5. The number of halogens is 3. The largest absolute Gasteiger partial charge is 0.493 e. The van der Waals surface area contributed by atoms with Gasteiger partial charge in [-0.25, -0.2) is 8.78 Å². The molecule has 0 bridgehead atoms. The zero-order valence-corrected chi connectivity index (χ0v) is 15.7. The van der Waals surface area contributed by atoms with Gasteiger partial charge in [-0.05, 0) is 37.1 Å². The molecule has 27 heavy (non-hydrogen) atoms. The van der Waals surface area contributed by atoms with E-state index in [0.717, 1.165) is 38.5 Å². The number of rotatable bonds is 8. The van der Waals surface area contributed by atoms with Gasteiger partial charge in [-0.2, -0.15) is 0 Å². The Kier molecular flexibility index (Phi) is 7.07. The number of ether oxygens (including phenoxy) is 2. The van der Waals surface area contributed by atoms with Gasteiger partial charge in [0.2, 0.25) is 0 Å². The van der Waals surface area contributed by atoms with Gasteiger partial charge in [0.25, 0.3) is 0 Å². The molecule has 2 aromatic carbocycles. The third-order valence-corrected chi connectivity index (χ3v) is 4.63. The van der Waals surface area contributed by atoms with Crippen LogP contribution in [-0.2, 0) is 6.61 Å². The molecule has 1 aliphatic rings. The van der Waals surface area contributed by atoms with Crippen molar-refractivity contribution in [3.05, 3.63) is 70.8 Å². The maximum absolute atomic E-state index is 13.6. The lowest BCUT2D eigenvalue weighted by atomic mass is 10.2. The molecule has 0 N–H and O–H groups in total. The van der Waals surface area contributed by atoms with Gasteiger partial charge in [-0.15, -0.1) is 0 Å². The van der Waals surface area contributed by atoms with Crippen LogP contribution in [-0.4, -0.2) is 31.1 Å². The standard InChI is InChI=1S/C21H22ClF2NO2/c22-19-14-18(26-12-4-11-25-9-2-1-3-10-25)7-8-21(19)27-15-16-5-6-17(23)13-20(16)24/h1-2,5-8,13-14H,3-4,9-12,15H2. The number of nitrogens with zero attached hydrogens (tertiary/aromatic N) is 1. The highest BCUT2D eigenvalue weighted by molar-refractivity contribution is 6.32. The lowest BCUT2D eigenvalue weighted by Gasteiger charge is -2.22. The van der Waals surface area contributed by atoms with Gasteiger partial charge >= 0.3 is 0 Å². The molecular weight excluding hydrogens is 372 g/mol. The monoisotopic (exact) mass is 393 g/mol. The van der Waals surface area contributed by atoms with Crippen molar-refractivity contribution in [2.45, 2.75) is 19.4 Å². The summed E-state index contributed by atoms with van der Waals surface area (Å²) in [5.74, 6) is -0.172. The van der Waals surface area contributed by atoms with Crippen LogP contribution in [0.25, 0.3) is 0 Å². The summed E-state index contributed by atoms with van der Waals surface area (Å²) in [6, 6.07) is 8.52. The molecule has 144 valence electrons. The molecule has 2 aromatic rings. The van der Waals surface area contributed by atoms with Crippen molar-refractivity contribution in [2.24, 2.45) is 0 Å². The lowest BCUT2D eigenvalue weighted by Crippen LogP contribution is -2.29. The van der Waals surface area contributed by atoms with E-state index in [1.807, 2.05) is 0 Å². The molecule has 0 amide bonds. The van der Waals surface area contributed by atoms with Crippen LogP contribution < -0.4 is 9.47 Å². The molecule has 0 fully saturated rings. The third kappa shape index (κ3) is 5.94. The summed E-state index contributed by atoms with van der Waals surface area (Å²) in [7, 11) is 0. The zero-order chi connectivity index (χ0) is 19.1. The average Bonchev–Trinajstić information content (AvgIpc) is 2.66. The average molecular weight is 394 g/mol. The second-order valence-electron chi connectivity index (χ2n) is 6.38. The predicted molar refractivity (Wildman–Crippen MR) is 102 cm³/mol. The molecule has 3 nitrogen and oxygen atoms in total. The smallest absolute Gasteiger partial charge is 0.138 e. The number of hydrogen-bond acceptors (Lipinski definition) is 3. The molecule has 0 saturated heterocycles. The van der Waals surface area contributed by atoms with Crippen molar-refractivity contribution in [3.8, 4) is 11.5 Å². The van der Waals surface area contributed by atoms with Crippen LogP contribution in [0.3, 0.4) is 0 Å². The topological polar surface area (TPSA) is 21.7 Å². The summed E-state index contributed by atoms with van der Waals surface area (Å²) < 4.78 is 37.9. The summed E-state index contributed by atoms with van der Waals surface area (Å²) in [6.07, 6.45) is 6.46. The summed E-state index contributed by atoms with van der Waals surface area (Å²) in [6.45, 7) is 3.69. The minimum absolute atomic E-state index is 0.0314. The summed E-state index contributed by atoms with van der Waals surface area (Å²) in [5, 5.41) is 0.385. The fraction of sp³-hybridized carbons (Fsp3) is 0.333. The minimum atomic E-state index is -0.643. The fourth-order valence-electron chi connectivity index (χ4n) is 2.85. The second kappa shape index (κ2) is 9.72. The molecule has 0 radical (unpaired) electrons. The van der Waals surface area contributed by atoms with Gasteiger partial charge in [-0.1, -0.05) is 23.8 Å². The highest BCUT2D eigenvalue weighted by Crippen LogP contribution is 2.29. The van der Waals surface area contributed by atoms with Gasteiger partial charge in [0, 0.05) is 37.3 Å². The maximum atomic E-state index is 13.6. The zero-order valence-electron chi connectivity index (χ0n) is 15.0.